The minimum absolute atomic E-state index is 0.694. The first-order valence-corrected chi connectivity index (χ1v) is 7.08. The van der Waals surface area contributed by atoms with Gasteiger partial charge in [-0.3, -0.25) is 0 Å². The average molecular weight is 239 g/mol. The zero-order valence-corrected chi connectivity index (χ0v) is 10.8. The van der Waals surface area contributed by atoms with Crippen LogP contribution in [0.15, 0.2) is 5.38 Å². The fourth-order valence-corrected chi connectivity index (χ4v) is 2.58. The molecule has 1 fully saturated rings. The first kappa shape index (κ1) is 11.9. The highest BCUT2D eigenvalue weighted by Gasteiger charge is 2.23. The number of hydrogen-bond acceptors (Lipinski definition) is 4. The van der Waals surface area contributed by atoms with Crippen LogP contribution >= 0.6 is 11.3 Å². The standard InChI is InChI=1S/C12H21N3S/c1-2-6-15(8-10-3-4-10)7-5-11-9-16-12(13)14-11/h9-10H,2-8H2,1H3,(H2,13,14). The molecule has 1 aromatic rings. The lowest BCUT2D eigenvalue weighted by Gasteiger charge is -2.20. The van der Waals surface area contributed by atoms with Crippen LogP contribution in [0, 0.1) is 5.92 Å². The number of nitrogens with zero attached hydrogens (tertiary/aromatic N) is 2. The lowest BCUT2D eigenvalue weighted by Crippen LogP contribution is -2.29. The molecular weight excluding hydrogens is 218 g/mol. The SMILES string of the molecule is CCCN(CCc1csc(N)n1)CC1CC1. The molecule has 0 radical (unpaired) electrons. The van der Waals surface area contributed by atoms with Gasteiger partial charge in [-0.2, -0.15) is 0 Å². The van der Waals surface area contributed by atoms with E-state index in [4.69, 9.17) is 5.73 Å². The van der Waals surface area contributed by atoms with Crippen molar-refractivity contribution in [3.05, 3.63) is 11.1 Å². The van der Waals surface area contributed by atoms with Crippen LogP contribution in [0.5, 0.6) is 0 Å². The highest BCUT2D eigenvalue weighted by atomic mass is 32.1. The lowest BCUT2D eigenvalue weighted by atomic mass is 10.2. The third kappa shape index (κ3) is 3.76. The first-order valence-electron chi connectivity index (χ1n) is 6.20. The Morgan fingerprint density at radius 1 is 1.50 bits per heavy atom. The van der Waals surface area contributed by atoms with E-state index in [1.54, 1.807) is 11.3 Å². The molecular formula is C12H21N3S. The van der Waals surface area contributed by atoms with Crippen molar-refractivity contribution in [2.75, 3.05) is 25.4 Å². The zero-order valence-electron chi connectivity index (χ0n) is 9.98. The molecule has 2 N–H and O–H groups in total. The van der Waals surface area contributed by atoms with E-state index in [1.165, 1.54) is 32.4 Å². The molecule has 1 aliphatic rings. The van der Waals surface area contributed by atoms with Crippen LogP contribution in [-0.4, -0.2) is 29.5 Å². The van der Waals surface area contributed by atoms with Gasteiger partial charge in [-0.1, -0.05) is 6.92 Å². The minimum atomic E-state index is 0.694. The number of thiazole rings is 1. The number of rotatable bonds is 7. The number of nitrogen functional groups attached to an aromatic ring is 1. The van der Waals surface area contributed by atoms with Crippen molar-refractivity contribution >= 4 is 16.5 Å². The molecule has 0 bridgehead atoms. The second-order valence-electron chi connectivity index (χ2n) is 4.67. The van der Waals surface area contributed by atoms with Crippen LogP contribution in [0.1, 0.15) is 31.9 Å². The van der Waals surface area contributed by atoms with Gasteiger partial charge in [0.2, 0.25) is 0 Å². The van der Waals surface area contributed by atoms with E-state index in [1.807, 2.05) is 0 Å². The Hall–Kier alpha value is -0.610. The van der Waals surface area contributed by atoms with Crippen molar-refractivity contribution in [3.8, 4) is 0 Å². The van der Waals surface area contributed by atoms with Crippen molar-refractivity contribution in [1.29, 1.82) is 0 Å². The van der Waals surface area contributed by atoms with Crippen molar-refractivity contribution < 1.29 is 0 Å². The van der Waals surface area contributed by atoms with Crippen LogP contribution in [0.3, 0.4) is 0 Å². The van der Waals surface area contributed by atoms with Gasteiger partial charge in [-0.05, 0) is 31.7 Å². The fourth-order valence-electron chi connectivity index (χ4n) is 1.99. The third-order valence-electron chi connectivity index (χ3n) is 3.01. The molecule has 0 atom stereocenters. The molecule has 1 aliphatic carbocycles. The van der Waals surface area contributed by atoms with Gasteiger partial charge >= 0.3 is 0 Å². The van der Waals surface area contributed by atoms with Gasteiger partial charge in [0.05, 0.1) is 5.69 Å². The van der Waals surface area contributed by atoms with E-state index in [-0.39, 0.29) is 0 Å². The van der Waals surface area contributed by atoms with Gasteiger partial charge < -0.3 is 10.6 Å². The second-order valence-corrected chi connectivity index (χ2v) is 5.56. The van der Waals surface area contributed by atoms with Crippen LogP contribution < -0.4 is 5.73 Å². The van der Waals surface area contributed by atoms with E-state index in [2.05, 4.69) is 22.2 Å². The van der Waals surface area contributed by atoms with E-state index >= 15 is 0 Å². The maximum atomic E-state index is 5.63. The van der Waals surface area contributed by atoms with Crippen LogP contribution in [0.25, 0.3) is 0 Å². The van der Waals surface area contributed by atoms with Gasteiger partial charge in [0.1, 0.15) is 0 Å². The van der Waals surface area contributed by atoms with Crippen molar-refractivity contribution in [2.24, 2.45) is 5.92 Å². The van der Waals surface area contributed by atoms with Crippen molar-refractivity contribution in [1.82, 2.24) is 9.88 Å². The predicted octanol–water partition coefficient (Wildman–Crippen LogP) is 2.39. The Bertz CT molecular complexity index is 320. The number of anilines is 1. The molecule has 0 aliphatic heterocycles. The van der Waals surface area contributed by atoms with Gasteiger partial charge in [0.25, 0.3) is 0 Å². The largest absolute Gasteiger partial charge is 0.375 e. The van der Waals surface area contributed by atoms with E-state index in [9.17, 15) is 0 Å². The Kier molecular flexibility index (Phi) is 4.18. The second kappa shape index (κ2) is 5.64. The molecule has 0 amide bonds. The normalized spacial score (nSPS) is 15.9. The molecule has 4 heteroatoms. The predicted molar refractivity (Wildman–Crippen MR) is 69.7 cm³/mol. The van der Waals surface area contributed by atoms with Crippen LogP contribution in [0.2, 0.25) is 0 Å². The Morgan fingerprint density at radius 2 is 2.31 bits per heavy atom. The highest BCUT2D eigenvalue weighted by molar-refractivity contribution is 7.13. The first-order chi connectivity index (χ1) is 7.78. The molecule has 0 spiro atoms. The van der Waals surface area contributed by atoms with E-state index in [0.717, 1.165) is 24.6 Å². The smallest absolute Gasteiger partial charge is 0.180 e. The van der Waals surface area contributed by atoms with Crippen molar-refractivity contribution in [2.45, 2.75) is 32.6 Å². The summed E-state index contributed by atoms with van der Waals surface area (Å²) in [6, 6.07) is 0. The van der Waals surface area contributed by atoms with Gasteiger partial charge in [0, 0.05) is 24.9 Å². The van der Waals surface area contributed by atoms with Crippen molar-refractivity contribution in [3.63, 3.8) is 0 Å². The number of aromatic nitrogens is 1. The molecule has 2 rings (SSSR count). The molecule has 16 heavy (non-hydrogen) atoms. The highest BCUT2D eigenvalue weighted by Crippen LogP contribution is 2.29. The summed E-state index contributed by atoms with van der Waals surface area (Å²) in [5, 5.41) is 2.77. The maximum Gasteiger partial charge on any atom is 0.180 e. The summed E-state index contributed by atoms with van der Waals surface area (Å²) >= 11 is 1.54. The fraction of sp³-hybridized carbons (Fsp3) is 0.750. The van der Waals surface area contributed by atoms with Crippen LogP contribution in [-0.2, 0) is 6.42 Å². The zero-order chi connectivity index (χ0) is 11.4. The monoisotopic (exact) mass is 239 g/mol. The summed E-state index contributed by atoms with van der Waals surface area (Å²) in [5.74, 6) is 0.979. The molecule has 90 valence electrons. The Morgan fingerprint density at radius 3 is 2.88 bits per heavy atom. The topological polar surface area (TPSA) is 42.1 Å². The number of nitrogens with two attached hydrogens (primary N) is 1. The van der Waals surface area contributed by atoms with Crippen LogP contribution in [0.4, 0.5) is 5.13 Å². The average Bonchev–Trinajstić information content (AvgIpc) is 2.97. The van der Waals surface area contributed by atoms with Gasteiger partial charge in [-0.25, -0.2) is 4.98 Å². The molecule has 3 nitrogen and oxygen atoms in total. The third-order valence-corrected chi connectivity index (χ3v) is 3.73. The molecule has 0 aromatic carbocycles. The van der Waals surface area contributed by atoms with E-state index < -0.39 is 0 Å². The summed E-state index contributed by atoms with van der Waals surface area (Å²) in [6.07, 6.45) is 5.15. The molecule has 1 aromatic heterocycles. The summed E-state index contributed by atoms with van der Waals surface area (Å²) in [7, 11) is 0. The molecule has 1 heterocycles. The molecule has 0 unspecified atom stereocenters. The van der Waals surface area contributed by atoms with Gasteiger partial charge in [-0.15, -0.1) is 11.3 Å². The summed E-state index contributed by atoms with van der Waals surface area (Å²) in [5.41, 5.74) is 6.78. The lowest BCUT2D eigenvalue weighted by molar-refractivity contribution is 0.266. The van der Waals surface area contributed by atoms with Gasteiger partial charge in [0.15, 0.2) is 5.13 Å². The quantitative estimate of drug-likeness (QED) is 0.794. The van der Waals surface area contributed by atoms with E-state index in [0.29, 0.717) is 5.13 Å². The summed E-state index contributed by atoms with van der Waals surface area (Å²) in [4.78, 5) is 6.88. The Labute approximate surface area is 102 Å². The molecule has 0 saturated heterocycles. The summed E-state index contributed by atoms with van der Waals surface area (Å²) < 4.78 is 0. The Balaban J connectivity index is 1.75. The maximum absolute atomic E-state index is 5.63. The number of hydrogen-bond donors (Lipinski definition) is 1. The molecule has 1 saturated carbocycles. The minimum Gasteiger partial charge on any atom is -0.375 e. The summed E-state index contributed by atoms with van der Waals surface area (Å²) in [6.45, 7) is 5.89.